The van der Waals surface area contributed by atoms with Crippen molar-refractivity contribution in [2.24, 2.45) is 0 Å². The van der Waals surface area contributed by atoms with Crippen LogP contribution in [0.5, 0.6) is 0 Å². The van der Waals surface area contributed by atoms with Gasteiger partial charge < -0.3 is 5.32 Å². The minimum atomic E-state index is -4.36. The molecule has 2 rings (SSSR count). The fourth-order valence-corrected chi connectivity index (χ4v) is 1.72. The second kappa shape index (κ2) is 6.04. The zero-order valence-electron chi connectivity index (χ0n) is 11.0. The van der Waals surface area contributed by atoms with Crippen molar-refractivity contribution in [1.29, 1.82) is 0 Å². The number of nitrogens with one attached hydrogen (secondary N) is 1. The molecule has 0 saturated heterocycles. The molecule has 7 heteroatoms. The van der Waals surface area contributed by atoms with E-state index in [1.165, 1.54) is 10.7 Å². The van der Waals surface area contributed by atoms with Crippen molar-refractivity contribution in [1.82, 2.24) is 20.3 Å². The molecule has 0 aliphatic rings. The van der Waals surface area contributed by atoms with E-state index < -0.39 is 11.7 Å². The smallest absolute Gasteiger partial charge is 0.311 e. The Balaban J connectivity index is 2.16. The molecule has 108 valence electrons. The number of hydrogen-bond donors (Lipinski definition) is 1. The monoisotopic (exact) mass is 284 g/mol. The van der Waals surface area contributed by atoms with E-state index in [-0.39, 0.29) is 0 Å². The second-order valence-electron chi connectivity index (χ2n) is 4.38. The number of alkyl halides is 3. The number of nitrogens with zero attached hydrogens (tertiary/aromatic N) is 3. The number of rotatable bonds is 5. The standard InChI is InChI=1S/C13H15F3N4/c1-2-6-17-8-11-9-20(19-18-11)12-5-3-4-10(7-12)13(14,15)16/h3-5,7,9,17H,2,6,8H2,1H3. The molecule has 1 N–H and O–H groups in total. The zero-order chi connectivity index (χ0) is 14.6. The van der Waals surface area contributed by atoms with Crippen LogP contribution in [0.15, 0.2) is 30.5 Å². The highest BCUT2D eigenvalue weighted by Gasteiger charge is 2.30. The molecule has 4 nitrogen and oxygen atoms in total. The van der Waals surface area contributed by atoms with E-state index in [1.807, 2.05) is 6.92 Å². The average Bonchev–Trinajstić information content (AvgIpc) is 2.87. The summed E-state index contributed by atoms with van der Waals surface area (Å²) in [5, 5.41) is 10.9. The maximum Gasteiger partial charge on any atom is 0.416 e. The Morgan fingerprint density at radius 3 is 2.80 bits per heavy atom. The van der Waals surface area contributed by atoms with Crippen molar-refractivity contribution in [3.8, 4) is 5.69 Å². The largest absolute Gasteiger partial charge is 0.416 e. The van der Waals surface area contributed by atoms with Gasteiger partial charge in [0.2, 0.25) is 0 Å². The number of benzene rings is 1. The Morgan fingerprint density at radius 1 is 1.30 bits per heavy atom. The van der Waals surface area contributed by atoms with Gasteiger partial charge in [-0.25, -0.2) is 4.68 Å². The van der Waals surface area contributed by atoms with E-state index in [9.17, 15) is 13.2 Å². The normalized spacial score (nSPS) is 11.8. The molecule has 20 heavy (non-hydrogen) atoms. The summed E-state index contributed by atoms with van der Waals surface area (Å²) in [7, 11) is 0. The molecular weight excluding hydrogens is 269 g/mol. The van der Waals surface area contributed by atoms with Crippen molar-refractivity contribution in [2.75, 3.05) is 6.54 Å². The summed E-state index contributed by atoms with van der Waals surface area (Å²) in [6.07, 6.45) is -1.73. The van der Waals surface area contributed by atoms with Crippen LogP contribution in [-0.2, 0) is 12.7 Å². The summed E-state index contributed by atoms with van der Waals surface area (Å²) in [6, 6.07) is 5.00. The quantitative estimate of drug-likeness (QED) is 0.859. The molecule has 0 atom stereocenters. The predicted octanol–water partition coefficient (Wildman–Crippen LogP) is 2.79. The fourth-order valence-electron chi connectivity index (χ4n) is 1.72. The fraction of sp³-hybridized carbons (Fsp3) is 0.385. The Kier molecular flexibility index (Phi) is 4.39. The SMILES string of the molecule is CCCNCc1cn(-c2cccc(C(F)(F)F)c2)nn1. The molecule has 1 aromatic heterocycles. The van der Waals surface area contributed by atoms with Gasteiger partial charge in [0.25, 0.3) is 0 Å². The van der Waals surface area contributed by atoms with E-state index in [1.54, 1.807) is 12.3 Å². The van der Waals surface area contributed by atoms with Crippen LogP contribution < -0.4 is 5.32 Å². The molecule has 1 aromatic carbocycles. The molecule has 0 aliphatic carbocycles. The summed E-state index contributed by atoms with van der Waals surface area (Å²) in [5.41, 5.74) is 0.334. The maximum atomic E-state index is 12.6. The Bertz CT molecular complexity index is 563. The van der Waals surface area contributed by atoms with Crippen LogP contribution in [0.3, 0.4) is 0 Å². The molecule has 2 aromatic rings. The predicted molar refractivity (Wildman–Crippen MR) is 68.4 cm³/mol. The van der Waals surface area contributed by atoms with Gasteiger partial charge in [-0.3, -0.25) is 0 Å². The van der Waals surface area contributed by atoms with Gasteiger partial charge in [-0.05, 0) is 31.2 Å². The number of aromatic nitrogens is 3. The van der Waals surface area contributed by atoms with E-state index in [4.69, 9.17) is 0 Å². The van der Waals surface area contributed by atoms with Gasteiger partial charge in [-0.1, -0.05) is 18.2 Å². The van der Waals surface area contributed by atoms with Crippen molar-refractivity contribution in [2.45, 2.75) is 26.1 Å². The first-order chi connectivity index (χ1) is 9.50. The molecule has 1 heterocycles. The van der Waals surface area contributed by atoms with Crippen LogP contribution in [0.2, 0.25) is 0 Å². The number of hydrogen-bond acceptors (Lipinski definition) is 3. The van der Waals surface area contributed by atoms with Gasteiger partial charge >= 0.3 is 6.18 Å². The first kappa shape index (κ1) is 14.5. The lowest BCUT2D eigenvalue weighted by molar-refractivity contribution is -0.137. The Hall–Kier alpha value is -1.89. The lowest BCUT2D eigenvalue weighted by Crippen LogP contribution is -2.13. The summed E-state index contributed by atoms with van der Waals surface area (Å²) in [5.74, 6) is 0. The molecule has 0 spiro atoms. The third kappa shape index (κ3) is 3.57. The highest BCUT2D eigenvalue weighted by molar-refractivity contribution is 5.36. The van der Waals surface area contributed by atoms with Gasteiger partial charge in [-0.15, -0.1) is 5.10 Å². The summed E-state index contributed by atoms with van der Waals surface area (Å²) in [6.45, 7) is 3.45. The highest BCUT2D eigenvalue weighted by atomic mass is 19.4. The van der Waals surface area contributed by atoms with Crippen molar-refractivity contribution in [3.05, 3.63) is 41.7 Å². The third-order valence-electron chi connectivity index (χ3n) is 2.71. The molecule has 0 fully saturated rings. The van der Waals surface area contributed by atoms with Gasteiger partial charge in [0.1, 0.15) is 0 Å². The van der Waals surface area contributed by atoms with Crippen molar-refractivity contribution >= 4 is 0 Å². The van der Waals surface area contributed by atoms with E-state index >= 15 is 0 Å². The molecule has 0 unspecified atom stereocenters. The van der Waals surface area contributed by atoms with Crippen LogP contribution in [0.4, 0.5) is 13.2 Å². The zero-order valence-corrected chi connectivity index (χ0v) is 11.0. The minimum Gasteiger partial charge on any atom is -0.311 e. The Morgan fingerprint density at radius 2 is 2.10 bits per heavy atom. The van der Waals surface area contributed by atoms with Crippen molar-refractivity contribution < 1.29 is 13.2 Å². The number of halogens is 3. The molecule has 0 radical (unpaired) electrons. The third-order valence-corrected chi connectivity index (χ3v) is 2.71. The van der Waals surface area contributed by atoms with E-state index in [2.05, 4.69) is 15.6 Å². The van der Waals surface area contributed by atoms with Gasteiger partial charge in [0, 0.05) is 6.54 Å². The van der Waals surface area contributed by atoms with Crippen LogP contribution in [0.25, 0.3) is 5.69 Å². The first-order valence-corrected chi connectivity index (χ1v) is 6.30. The molecule has 0 amide bonds. The van der Waals surface area contributed by atoms with Crippen LogP contribution in [0.1, 0.15) is 24.6 Å². The molecule has 0 saturated carbocycles. The second-order valence-corrected chi connectivity index (χ2v) is 4.38. The maximum absolute atomic E-state index is 12.6. The van der Waals surface area contributed by atoms with Crippen molar-refractivity contribution in [3.63, 3.8) is 0 Å². The average molecular weight is 284 g/mol. The molecule has 0 bridgehead atoms. The molecular formula is C13H15F3N4. The summed E-state index contributed by atoms with van der Waals surface area (Å²) >= 11 is 0. The van der Waals surface area contributed by atoms with Crippen LogP contribution in [0, 0.1) is 0 Å². The summed E-state index contributed by atoms with van der Waals surface area (Å²) in [4.78, 5) is 0. The van der Waals surface area contributed by atoms with E-state index in [0.29, 0.717) is 17.9 Å². The molecule has 0 aliphatic heterocycles. The summed E-state index contributed by atoms with van der Waals surface area (Å²) < 4.78 is 39.3. The van der Waals surface area contributed by atoms with Gasteiger partial charge in [0.05, 0.1) is 23.1 Å². The lowest BCUT2D eigenvalue weighted by atomic mass is 10.2. The van der Waals surface area contributed by atoms with Crippen LogP contribution in [-0.4, -0.2) is 21.5 Å². The Labute approximate surface area is 114 Å². The first-order valence-electron chi connectivity index (χ1n) is 6.30. The van der Waals surface area contributed by atoms with Gasteiger partial charge in [-0.2, -0.15) is 13.2 Å². The minimum absolute atomic E-state index is 0.342. The van der Waals surface area contributed by atoms with Gasteiger partial charge in [0.15, 0.2) is 0 Å². The van der Waals surface area contributed by atoms with E-state index in [0.717, 1.165) is 25.1 Å². The highest BCUT2D eigenvalue weighted by Crippen LogP contribution is 2.30. The lowest BCUT2D eigenvalue weighted by Gasteiger charge is -2.08. The topological polar surface area (TPSA) is 42.7 Å². The van der Waals surface area contributed by atoms with Crippen LogP contribution >= 0.6 is 0 Å².